The zero-order chi connectivity index (χ0) is 17.9. The molecule has 0 radical (unpaired) electrons. The molecule has 0 heterocycles. The van der Waals surface area contributed by atoms with Crippen LogP contribution < -0.4 is 0 Å². The molecular weight excluding hydrogens is 318 g/mol. The molecule has 0 N–H and O–H groups in total. The highest BCUT2D eigenvalue weighted by Crippen LogP contribution is 2.33. The Hall–Kier alpha value is -3.24. The second-order valence-corrected chi connectivity index (χ2v) is 5.03. The molecule has 0 aliphatic rings. The van der Waals surface area contributed by atoms with Gasteiger partial charge in [0.2, 0.25) is 0 Å². The number of benzene rings is 2. The maximum Gasteiger partial charge on any atom is 0.509 e. The Kier molecular flexibility index (Phi) is 7.10. The number of rotatable bonds is 7. The van der Waals surface area contributed by atoms with Gasteiger partial charge < -0.3 is 9.47 Å². The smallest absolute Gasteiger partial charge is 0.435 e. The molecule has 6 heteroatoms. The number of nitrogens with zero attached hydrogens (tertiary/aromatic N) is 3. The Morgan fingerprint density at radius 2 is 1.80 bits per heavy atom. The Morgan fingerprint density at radius 3 is 2.40 bits per heavy atom. The molecule has 0 saturated carbocycles. The molecule has 2 aromatic carbocycles. The lowest BCUT2D eigenvalue weighted by Gasteiger charge is -2.21. The van der Waals surface area contributed by atoms with Crippen molar-refractivity contribution in [3.8, 4) is 0 Å². The van der Waals surface area contributed by atoms with Gasteiger partial charge in [0.1, 0.15) is 0 Å². The average Bonchev–Trinajstić information content (AvgIpc) is 2.65. The summed E-state index contributed by atoms with van der Waals surface area (Å²) in [4.78, 5) is 14.7. The van der Waals surface area contributed by atoms with Gasteiger partial charge in [-0.15, -0.1) is 0 Å². The number of carbonyl (C=O) groups excluding carboxylic acids is 1. The maximum atomic E-state index is 11.9. The van der Waals surface area contributed by atoms with Crippen molar-refractivity contribution in [2.45, 2.75) is 13.0 Å². The van der Waals surface area contributed by atoms with Crippen LogP contribution in [-0.2, 0) is 9.47 Å². The molecule has 128 valence electrons. The molecule has 2 rings (SSSR count). The van der Waals surface area contributed by atoms with Crippen molar-refractivity contribution in [1.29, 1.82) is 0 Å². The molecule has 0 aliphatic heterocycles. The van der Waals surface area contributed by atoms with Crippen LogP contribution in [-0.4, -0.2) is 19.3 Å². The molecule has 0 amide bonds. The third-order valence-corrected chi connectivity index (χ3v) is 3.42. The van der Waals surface area contributed by atoms with Gasteiger partial charge in [-0.1, -0.05) is 71.9 Å². The predicted molar refractivity (Wildman–Crippen MR) is 95.7 cm³/mol. The van der Waals surface area contributed by atoms with Crippen LogP contribution in [0, 0.1) is 0 Å². The second-order valence-electron chi connectivity index (χ2n) is 5.03. The number of hydrogen-bond donors (Lipinski definition) is 0. The summed E-state index contributed by atoms with van der Waals surface area (Å²) in [6.07, 6.45) is 0.338. The molecule has 1 unspecified atom stereocenters. The summed E-state index contributed by atoms with van der Waals surface area (Å²) in [7, 11) is 0. The summed E-state index contributed by atoms with van der Waals surface area (Å²) >= 11 is 0. The average molecular weight is 337 g/mol. The maximum absolute atomic E-state index is 11.9. The fourth-order valence-corrected chi connectivity index (χ4v) is 2.37. The first-order chi connectivity index (χ1) is 12.3. The van der Waals surface area contributed by atoms with Gasteiger partial charge in [-0.25, -0.2) is 4.79 Å². The standard InChI is InChI=1S/C19H19N3O3/c1-2-24-19(23)25-18(16-11-7-4-8-12-16)17(13-14-21-22-20)15-9-5-3-6-10-15/h3-13,18H,2,14H2,1H3. The molecule has 0 bridgehead atoms. The third kappa shape index (κ3) is 5.41. The lowest BCUT2D eigenvalue weighted by molar-refractivity contribution is 0.0427. The third-order valence-electron chi connectivity index (χ3n) is 3.42. The minimum absolute atomic E-state index is 0.149. The second kappa shape index (κ2) is 9.80. The highest BCUT2D eigenvalue weighted by atomic mass is 16.7. The molecule has 0 aliphatic carbocycles. The minimum Gasteiger partial charge on any atom is -0.435 e. The molecule has 0 aromatic heterocycles. The Labute approximate surface area is 146 Å². The van der Waals surface area contributed by atoms with E-state index in [9.17, 15) is 4.79 Å². The van der Waals surface area contributed by atoms with E-state index in [1.807, 2.05) is 60.7 Å². The van der Waals surface area contributed by atoms with Crippen molar-refractivity contribution in [3.63, 3.8) is 0 Å². The van der Waals surface area contributed by atoms with Gasteiger partial charge >= 0.3 is 6.16 Å². The van der Waals surface area contributed by atoms with Gasteiger partial charge in [0.15, 0.2) is 6.10 Å². The van der Waals surface area contributed by atoms with E-state index in [0.29, 0.717) is 0 Å². The molecule has 1 atom stereocenters. The van der Waals surface area contributed by atoms with Crippen LogP contribution in [0.2, 0.25) is 0 Å². The van der Waals surface area contributed by atoms with Crippen LogP contribution in [0.4, 0.5) is 4.79 Å². The highest BCUT2D eigenvalue weighted by Gasteiger charge is 2.23. The van der Waals surface area contributed by atoms with Crippen LogP contribution in [0.1, 0.15) is 24.2 Å². The topological polar surface area (TPSA) is 84.3 Å². The number of hydrogen-bond acceptors (Lipinski definition) is 4. The number of carbonyl (C=O) groups is 1. The molecule has 0 saturated heterocycles. The van der Waals surface area contributed by atoms with E-state index in [1.54, 1.807) is 13.0 Å². The van der Waals surface area contributed by atoms with Gasteiger partial charge in [0, 0.05) is 17.0 Å². The molecule has 6 nitrogen and oxygen atoms in total. The lowest BCUT2D eigenvalue weighted by Crippen LogP contribution is -2.14. The van der Waals surface area contributed by atoms with Crippen LogP contribution in [0.5, 0.6) is 0 Å². The van der Waals surface area contributed by atoms with Gasteiger partial charge in [-0.3, -0.25) is 0 Å². The van der Waals surface area contributed by atoms with E-state index < -0.39 is 12.3 Å². The monoisotopic (exact) mass is 337 g/mol. The Balaban J connectivity index is 2.46. The molecule has 2 aromatic rings. The zero-order valence-corrected chi connectivity index (χ0v) is 13.9. The van der Waals surface area contributed by atoms with Crippen molar-refractivity contribution in [3.05, 3.63) is 88.3 Å². The minimum atomic E-state index is -0.748. The fourth-order valence-electron chi connectivity index (χ4n) is 2.37. The SMILES string of the molecule is CCOC(=O)OC(C(=CCN=[N+]=[N-])c1ccccc1)c1ccccc1. The van der Waals surface area contributed by atoms with E-state index in [0.717, 1.165) is 16.7 Å². The predicted octanol–water partition coefficient (Wildman–Crippen LogP) is 5.29. The highest BCUT2D eigenvalue weighted by molar-refractivity contribution is 5.73. The van der Waals surface area contributed by atoms with Crippen LogP contribution in [0.15, 0.2) is 71.9 Å². The summed E-state index contributed by atoms with van der Waals surface area (Å²) in [6.45, 7) is 2.09. The first-order valence-corrected chi connectivity index (χ1v) is 7.91. The van der Waals surface area contributed by atoms with E-state index in [2.05, 4.69) is 10.0 Å². The van der Waals surface area contributed by atoms with Crippen molar-refractivity contribution in [2.75, 3.05) is 13.2 Å². The number of ether oxygens (including phenoxy) is 2. The molecule has 0 fully saturated rings. The van der Waals surface area contributed by atoms with Gasteiger partial charge in [0.05, 0.1) is 6.61 Å². The van der Waals surface area contributed by atoms with Gasteiger partial charge in [-0.2, -0.15) is 0 Å². The van der Waals surface area contributed by atoms with Crippen molar-refractivity contribution in [2.24, 2.45) is 5.11 Å². The van der Waals surface area contributed by atoms with E-state index in [1.165, 1.54) is 0 Å². The van der Waals surface area contributed by atoms with E-state index in [-0.39, 0.29) is 13.2 Å². The largest absolute Gasteiger partial charge is 0.509 e. The van der Waals surface area contributed by atoms with E-state index >= 15 is 0 Å². The first-order valence-electron chi connectivity index (χ1n) is 7.91. The number of azide groups is 1. The summed E-state index contributed by atoms with van der Waals surface area (Å²) < 4.78 is 10.5. The zero-order valence-electron chi connectivity index (χ0n) is 13.9. The summed E-state index contributed by atoms with van der Waals surface area (Å²) in [6, 6.07) is 18.9. The molecular formula is C19H19N3O3. The normalized spacial score (nSPS) is 12.0. The van der Waals surface area contributed by atoms with Gasteiger partial charge in [0.25, 0.3) is 0 Å². The summed E-state index contributed by atoms with van der Waals surface area (Å²) in [5.74, 6) is 0. The van der Waals surface area contributed by atoms with Crippen LogP contribution >= 0.6 is 0 Å². The van der Waals surface area contributed by atoms with Crippen molar-refractivity contribution < 1.29 is 14.3 Å². The summed E-state index contributed by atoms with van der Waals surface area (Å²) in [5.41, 5.74) is 10.9. The molecule has 0 spiro atoms. The van der Waals surface area contributed by atoms with Crippen molar-refractivity contribution in [1.82, 2.24) is 0 Å². The Morgan fingerprint density at radius 1 is 1.16 bits per heavy atom. The van der Waals surface area contributed by atoms with Crippen LogP contribution in [0.25, 0.3) is 16.0 Å². The lowest BCUT2D eigenvalue weighted by atomic mass is 9.94. The quantitative estimate of drug-likeness (QED) is 0.297. The first kappa shape index (κ1) is 18.1. The van der Waals surface area contributed by atoms with E-state index in [4.69, 9.17) is 15.0 Å². The van der Waals surface area contributed by atoms with Crippen LogP contribution in [0.3, 0.4) is 0 Å². The molecule has 25 heavy (non-hydrogen) atoms. The van der Waals surface area contributed by atoms with Gasteiger partial charge in [-0.05, 0) is 23.6 Å². The Bertz CT molecular complexity index is 754. The van der Waals surface area contributed by atoms with Crippen molar-refractivity contribution >= 4 is 11.7 Å². The summed E-state index contributed by atoms with van der Waals surface area (Å²) in [5, 5.41) is 3.56. The fraction of sp³-hybridized carbons (Fsp3) is 0.211.